The van der Waals surface area contributed by atoms with Crippen molar-refractivity contribution in [3.05, 3.63) is 91.8 Å². The summed E-state index contributed by atoms with van der Waals surface area (Å²) in [6.45, 7) is 9.82. The summed E-state index contributed by atoms with van der Waals surface area (Å²) in [5.74, 6) is 0.223. The van der Waals surface area contributed by atoms with Crippen molar-refractivity contribution in [2.45, 2.75) is 45.8 Å². The molecule has 2 aromatic carbocycles. The molecule has 0 fully saturated rings. The largest absolute Gasteiger partial charge is 0.353 e. The van der Waals surface area contributed by atoms with Gasteiger partial charge in [0.2, 0.25) is 5.95 Å². The van der Waals surface area contributed by atoms with Crippen LogP contribution in [0, 0.1) is 0 Å². The van der Waals surface area contributed by atoms with Crippen molar-refractivity contribution in [2.75, 3.05) is 5.32 Å². The molecule has 0 radical (unpaired) electrons. The molecule has 1 amide bonds. The van der Waals surface area contributed by atoms with E-state index in [-0.39, 0.29) is 30.1 Å². The Morgan fingerprint density at radius 1 is 1.11 bits per heavy atom. The molecule has 1 aromatic heterocycles. The lowest BCUT2D eigenvalue weighted by Gasteiger charge is -2.34. The van der Waals surface area contributed by atoms with Crippen molar-refractivity contribution < 1.29 is 4.79 Å². The van der Waals surface area contributed by atoms with Crippen molar-refractivity contribution >= 4 is 51.7 Å². The number of aromatic nitrogens is 2. The first kappa shape index (κ1) is 25.3. The number of halogens is 3. The minimum absolute atomic E-state index is 0.0320. The molecule has 0 saturated heterocycles. The molecular weight excluding hydrogens is 507 g/mol. The fourth-order valence-corrected chi connectivity index (χ4v) is 4.54. The van der Waals surface area contributed by atoms with Crippen LogP contribution in [0.5, 0.6) is 0 Å². The molecule has 1 aliphatic rings. The van der Waals surface area contributed by atoms with Crippen LogP contribution in [-0.4, -0.2) is 32.4 Å². The number of amides is 1. The van der Waals surface area contributed by atoms with E-state index in [1.54, 1.807) is 27.7 Å². The second kappa shape index (κ2) is 10.1. The van der Waals surface area contributed by atoms with Crippen molar-refractivity contribution in [3.8, 4) is 5.69 Å². The maximum Gasteiger partial charge on any atom is 0.263 e. The van der Waals surface area contributed by atoms with Crippen LogP contribution in [0.3, 0.4) is 0 Å². The standard InChI is InChI=1S/C26H25Cl3N4O2/c1-14(2)30-26-31-23-13-32(24(34)18-7-10-21(28)22(29)12-18)15(3)11-20(23)25(35)33(26)19-8-5-17(6-9-19)16(4)27/h5-10,12,14-15H,4,11,13H2,1-3H3,(H,30,31)/t15-/m1/s1. The van der Waals surface area contributed by atoms with Gasteiger partial charge in [-0.3, -0.25) is 9.59 Å². The van der Waals surface area contributed by atoms with Gasteiger partial charge in [0.1, 0.15) is 0 Å². The number of rotatable bonds is 5. The zero-order valence-electron chi connectivity index (χ0n) is 19.6. The average Bonchev–Trinajstić information content (AvgIpc) is 2.80. The first-order valence-corrected chi connectivity index (χ1v) is 12.3. The number of hydrogen-bond donors (Lipinski definition) is 1. The number of hydrogen-bond acceptors (Lipinski definition) is 4. The Hall–Kier alpha value is -2.80. The van der Waals surface area contributed by atoms with E-state index in [2.05, 4.69) is 11.9 Å². The summed E-state index contributed by atoms with van der Waals surface area (Å²) in [6.07, 6.45) is 0.382. The van der Waals surface area contributed by atoms with Crippen molar-refractivity contribution in [2.24, 2.45) is 0 Å². The van der Waals surface area contributed by atoms with Crippen LogP contribution in [0.15, 0.2) is 53.8 Å². The number of fused-ring (bicyclic) bond motifs is 1. The highest BCUT2D eigenvalue weighted by molar-refractivity contribution is 6.48. The van der Waals surface area contributed by atoms with E-state index in [9.17, 15) is 9.59 Å². The van der Waals surface area contributed by atoms with Crippen molar-refractivity contribution in [3.63, 3.8) is 0 Å². The molecule has 0 unspecified atom stereocenters. The lowest BCUT2D eigenvalue weighted by atomic mass is 9.98. The van der Waals surface area contributed by atoms with E-state index in [4.69, 9.17) is 39.8 Å². The van der Waals surface area contributed by atoms with E-state index >= 15 is 0 Å². The number of carbonyl (C=O) groups excluding carboxylic acids is 1. The highest BCUT2D eigenvalue weighted by Gasteiger charge is 2.32. The first-order chi connectivity index (χ1) is 16.6. The fourth-order valence-electron chi connectivity index (χ4n) is 4.11. The van der Waals surface area contributed by atoms with Gasteiger partial charge in [-0.1, -0.05) is 53.5 Å². The predicted octanol–water partition coefficient (Wildman–Crippen LogP) is 6.16. The third kappa shape index (κ3) is 5.10. The molecule has 35 heavy (non-hydrogen) atoms. The van der Waals surface area contributed by atoms with Gasteiger partial charge < -0.3 is 10.2 Å². The lowest BCUT2D eigenvalue weighted by molar-refractivity contribution is 0.0653. The maximum atomic E-state index is 13.7. The number of nitrogens with one attached hydrogen (secondary N) is 1. The van der Waals surface area contributed by atoms with E-state index in [1.165, 1.54) is 0 Å². The maximum absolute atomic E-state index is 13.7. The third-order valence-electron chi connectivity index (χ3n) is 5.90. The molecule has 1 atom stereocenters. The SMILES string of the molecule is C=C(Cl)c1ccc(-n2c(NC(C)C)nc3c(c2=O)C[C@@H](C)N(C(=O)c2ccc(Cl)c(Cl)c2)C3)cc1. The van der Waals surface area contributed by atoms with Gasteiger partial charge in [-0.05, 0) is 63.1 Å². The van der Waals surface area contributed by atoms with Crippen LogP contribution in [-0.2, 0) is 13.0 Å². The van der Waals surface area contributed by atoms with Gasteiger partial charge in [0, 0.05) is 28.2 Å². The first-order valence-electron chi connectivity index (χ1n) is 11.2. The molecule has 0 bridgehead atoms. The van der Waals surface area contributed by atoms with Gasteiger partial charge in [-0.2, -0.15) is 0 Å². The summed E-state index contributed by atoms with van der Waals surface area (Å²) in [5, 5.41) is 4.40. The van der Waals surface area contributed by atoms with Crippen LogP contribution in [0.2, 0.25) is 10.0 Å². The average molecular weight is 532 g/mol. The number of benzene rings is 2. The Morgan fingerprint density at radius 2 is 1.77 bits per heavy atom. The predicted molar refractivity (Wildman–Crippen MR) is 143 cm³/mol. The molecule has 0 aliphatic carbocycles. The van der Waals surface area contributed by atoms with Gasteiger partial charge in [0.05, 0.1) is 28.0 Å². The van der Waals surface area contributed by atoms with Crippen molar-refractivity contribution in [1.82, 2.24) is 14.5 Å². The summed E-state index contributed by atoms with van der Waals surface area (Å²) >= 11 is 18.1. The van der Waals surface area contributed by atoms with E-state index < -0.39 is 0 Å². The molecular formula is C26H25Cl3N4O2. The molecule has 1 N–H and O–H groups in total. The monoisotopic (exact) mass is 530 g/mol. The quantitative estimate of drug-likeness (QED) is 0.428. The lowest BCUT2D eigenvalue weighted by Crippen LogP contribution is -2.46. The minimum atomic E-state index is -0.210. The Kier molecular flexibility index (Phi) is 7.27. The molecule has 182 valence electrons. The number of nitrogens with zero attached hydrogens (tertiary/aromatic N) is 3. The summed E-state index contributed by atoms with van der Waals surface area (Å²) in [5.41, 5.74) is 2.88. The van der Waals surface area contributed by atoms with Gasteiger partial charge in [0.25, 0.3) is 11.5 Å². The van der Waals surface area contributed by atoms with Gasteiger partial charge in [0.15, 0.2) is 0 Å². The Bertz CT molecular complexity index is 1370. The molecule has 0 spiro atoms. The van der Waals surface area contributed by atoms with E-state index in [1.807, 2.05) is 45.0 Å². The Morgan fingerprint density at radius 3 is 2.37 bits per heavy atom. The van der Waals surface area contributed by atoms with Crippen LogP contribution in [0.1, 0.15) is 48.0 Å². The van der Waals surface area contributed by atoms with Crippen LogP contribution < -0.4 is 10.9 Å². The molecule has 0 saturated carbocycles. The molecule has 2 heterocycles. The second-order valence-electron chi connectivity index (χ2n) is 8.87. The van der Waals surface area contributed by atoms with Gasteiger partial charge in [-0.15, -0.1) is 0 Å². The summed E-state index contributed by atoms with van der Waals surface area (Å²) < 4.78 is 1.57. The number of carbonyl (C=O) groups is 1. The van der Waals surface area contributed by atoms with Crippen LogP contribution >= 0.6 is 34.8 Å². The normalized spacial score (nSPS) is 15.2. The third-order valence-corrected chi connectivity index (χ3v) is 6.86. The Balaban J connectivity index is 1.77. The zero-order valence-corrected chi connectivity index (χ0v) is 21.9. The van der Waals surface area contributed by atoms with E-state index in [0.717, 1.165) is 5.56 Å². The second-order valence-corrected chi connectivity index (χ2v) is 10.1. The minimum Gasteiger partial charge on any atom is -0.353 e. The Labute approximate surface area is 219 Å². The summed E-state index contributed by atoms with van der Waals surface area (Å²) in [6, 6.07) is 11.9. The zero-order chi connectivity index (χ0) is 25.4. The molecule has 1 aliphatic heterocycles. The highest BCUT2D eigenvalue weighted by atomic mass is 35.5. The topological polar surface area (TPSA) is 67.2 Å². The van der Waals surface area contributed by atoms with Crippen LogP contribution in [0.4, 0.5) is 5.95 Å². The van der Waals surface area contributed by atoms with Gasteiger partial charge >= 0.3 is 0 Å². The van der Waals surface area contributed by atoms with E-state index in [0.29, 0.717) is 50.0 Å². The molecule has 4 rings (SSSR count). The molecule has 3 aromatic rings. The van der Waals surface area contributed by atoms with Crippen LogP contribution in [0.25, 0.3) is 10.7 Å². The van der Waals surface area contributed by atoms with Crippen molar-refractivity contribution in [1.29, 1.82) is 0 Å². The molecule has 6 nitrogen and oxygen atoms in total. The highest BCUT2D eigenvalue weighted by Crippen LogP contribution is 2.28. The smallest absolute Gasteiger partial charge is 0.263 e. The molecule has 9 heteroatoms. The number of anilines is 1. The fraction of sp³-hybridized carbons (Fsp3) is 0.269. The summed E-state index contributed by atoms with van der Waals surface area (Å²) in [4.78, 5) is 33.5. The summed E-state index contributed by atoms with van der Waals surface area (Å²) in [7, 11) is 0. The van der Waals surface area contributed by atoms with Gasteiger partial charge in [-0.25, -0.2) is 9.55 Å².